The number of hydrogen-bond acceptors (Lipinski definition) is 2. The Balaban J connectivity index is 2.06. The monoisotopic (exact) mass is 244 g/mol. The second-order valence-corrected chi connectivity index (χ2v) is 4.68. The minimum absolute atomic E-state index is 0.159. The largest absolute Gasteiger partial charge is 0.294 e. The van der Waals surface area contributed by atoms with Gasteiger partial charge in [0.15, 0.2) is 5.78 Å². The number of rotatable bonds is 3. The molecule has 1 aromatic heterocycles. The summed E-state index contributed by atoms with van der Waals surface area (Å²) in [5, 5.41) is 4.46. The first-order valence-electron chi connectivity index (χ1n) is 6.01. The molecule has 0 spiro atoms. The smallest absolute Gasteiger partial charge is 0.162 e. The van der Waals surface area contributed by atoms with Crippen molar-refractivity contribution in [3.63, 3.8) is 0 Å². The molecule has 3 rings (SSSR count). The summed E-state index contributed by atoms with van der Waals surface area (Å²) in [6.45, 7) is 1.43. The molecule has 1 heterocycles. The van der Waals surface area contributed by atoms with Gasteiger partial charge in [-0.1, -0.05) is 0 Å². The molecule has 0 bridgehead atoms. The Kier molecular flexibility index (Phi) is 2.51. The molecule has 2 aromatic rings. The third kappa shape index (κ3) is 1.94. The molecule has 0 atom stereocenters. The number of carbonyl (C=O) groups is 1. The fraction of sp³-hybridized carbons (Fsp3) is 0.286. The van der Waals surface area contributed by atoms with E-state index in [0.717, 1.165) is 5.69 Å². The van der Waals surface area contributed by atoms with Gasteiger partial charge in [-0.3, -0.25) is 4.79 Å². The highest BCUT2D eigenvalue weighted by Gasteiger charge is 2.26. The van der Waals surface area contributed by atoms with E-state index < -0.39 is 5.82 Å². The molecule has 1 aromatic carbocycles. The van der Waals surface area contributed by atoms with Crippen LogP contribution in [0.2, 0.25) is 0 Å². The zero-order chi connectivity index (χ0) is 12.7. The second-order valence-electron chi connectivity index (χ2n) is 4.68. The van der Waals surface area contributed by atoms with Crippen LogP contribution in [-0.2, 0) is 0 Å². The van der Waals surface area contributed by atoms with E-state index in [-0.39, 0.29) is 5.78 Å². The summed E-state index contributed by atoms with van der Waals surface area (Å²) in [4.78, 5) is 11.5. The topological polar surface area (TPSA) is 34.9 Å². The van der Waals surface area contributed by atoms with Crippen LogP contribution in [0.1, 0.15) is 41.7 Å². The Morgan fingerprint density at radius 3 is 2.83 bits per heavy atom. The summed E-state index contributed by atoms with van der Waals surface area (Å²) >= 11 is 0. The lowest BCUT2D eigenvalue weighted by Gasteiger charge is -2.07. The van der Waals surface area contributed by atoms with E-state index in [1.807, 2.05) is 12.3 Å². The molecular weight excluding hydrogens is 231 g/mol. The zero-order valence-corrected chi connectivity index (χ0v) is 10.1. The highest BCUT2D eigenvalue weighted by Crippen LogP contribution is 2.39. The van der Waals surface area contributed by atoms with Crippen molar-refractivity contribution in [2.75, 3.05) is 0 Å². The second kappa shape index (κ2) is 4.05. The number of ketones is 1. The molecule has 1 fully saturated rings. The normalized spacial score (nSPS) is 14.8. The summed E-state index contributed by atoms with van der Waals surface area (Å²) in [6.07, 6.45) is 4.19. The Labute approximate surface area is 104 Å². The van der Waals surface area contributed by atoms with Crippen LogP contribution in [0.3, 0.4) is 0 Å². The maximum Gasteiger partial charge on any atom is 0.162 e. The predicted molar refractivity (Wildman–Crippen MR) is 65.5 cm³/mol. The van der Waals surface area contributed by atoms with Crippen LogP contribution < -0.4 is 0 Å². The molecular formula is C14H13FN2O. The van der Waals surface area contributed by atoms with Gasteiger partial charge in [0.25, 0.3) is 0 Å². The fourth-order valence-corrected chi connectivity index (χ4v) is 2.06. The minimum atomic E-state index is -0.404. The van der Waals surface area contributed by atoms with Gasteiger partial charge < -0.3 is 0 Å². The molecule has 1 saturated carbocycles. The zero-order valence-electron chi connectivity index (χ0n) is 10.1. The predicted octanol–water partition coefficient (Wildman–Crippen LogP) is 3.09. The summed E-state index contributed by atoms with van der Waals surface area (Å²) in [5.74, 6) is -0.000953. The first kappa shape index (κ1) is 11.1. The van der Waals surface area contributed by atoms with Crippen molar-refractivity contribution in [1.29, 1.82) is 0 Å². The number of Topliss-reactive ketones (excluding diaryl/α,β-unsaturated/α-hetero) is 1. The Bertz CT molecular complexity index is 614. The van der Waals surface area contributed by atoms with Crippen molar-refractivity contribution in [2.45, 2.75) is 25.7 Å². The first-order valence-corrected chi connectivity index (χ1v) is 6.01. The van der Waals surface area contributed by atoms with E-state index in [2.05, 4.69) is 5.10 Å². The van der Waals surface area contributed by atoms with E-state index in [1.165, 1.54) is 31.9 Å². The Hall–Kier alpha value is -1.97. The van der Waals surface area contributed by atoms with Crippen LogP contribution in [0.25, 0.3) is 5.69 Å². The SMILES string of the molecule is CC(=O)c1cc(F)ccc1-n1ccc(C2CC2)n1. The molecule has 3 nitrogen and oxygen atoms in total. The van der Waals surface area contributed by atoms with Crippen LogP contribution in [0.15, 0.2) is 30.5 Å². The molecule has 1 aliphatic rings. The van der Waals surface area contributed by atoms with Crippen molar-refractivity contribution < 1.29 is 9.18 Å². The average Bonchev–Trinajstić information content (AvgIpc) is 3.08. The van der Waals surface area contributed by atoms with Crippen molar-refractivity contribution >= 4 is 5.78 Å². The maximum absolute atomic E-state index is 13.2. The quantitative estimate of drug-likeness (QED) is 0.778. The molecule has 0 radical (unpaired) electrons. The van der Waals surface area contributed by atoms with Gasteiger partial charge in [-0.25, -0.2) is 9.07 Å². The third-order valence-electron chi connectivity index (χ3n) is 3.19. The number of carbonyl (C=O) groups excluding carboxylic acids is 1. The lowest BCUT2D eigenvalue weighted by Crippen LogP contribution is -2.05. The highest BCUT2D eigenvalue weighted by atomic mass is 19.1. The Morgan fingerprint density at radius 1 is 1.39 bits per heavy atom. The van der Waals surface area contributed by atoms with Crippen LogP contribution in [0.5, 0.6) is 0 Å². The molecule has 1 aliphatic carbocycles. The van der Waals surface area contributed by atoms with E-state index >= 15 is 0 Å². The van der Waals surface area contributed by atoms with Crippen LogP contribution in [0, 0.1) is 5.82 Å². The standard InChI is InChI=1S/C14H13FN2O/c1-9(18)12-8-11(15)4-5-14(12)17-7-6-13(16-17)10-2-3-10/h4-8,10H,2-3H2,1H3. The van der Waals surface area contributed by atoms with E-state index in [1.54, 1.807) is 10.7 Å². The minimum Gasteiger partial charge on any atom is -0.294 e. The number of nitrogens with zero attached hydrogens (tertiary/aromatic N) is 2. The van der Waals surface area contributed by atoms with Gasteiger partial charge in [-0.2, -0.15) is 5.10 Å². The molecule has 0 unspecified atom stereocenters. The van der Waals surface area contributed by atoms with Gasteiger partial charge in [0.1, 0.15) is 5.82 Å². The van der Waals surface area contributed by atoms with Gasteiger partial charge in [-0.15, -0.1) is 0 Å². The van der Waals surface area contributed by atoms with Crippen LogP contribution in [0.4, 0.5) is 4.39 Å². The van der Waals surface area contributed by atoms with E-state index in [4.69, 9.17) is 0 Å². The summed E-state index contributed by atoms with van der Waals surface area (Å²) < 4.78 is 14.8. The highest BCUT2D eigenvalue weighted by molar-refractivity contribution is 5.97. The van der Waals surface area contributed by atoms with Gasteiger partial charge in [0, 0.05) is 17.7 Å². The molecule has 4 heteroatoms. The van der Waals surface area contributed by atoms with Crippen LogP contribution >= 0.6 is 0 Å². The summed E-state index contributed by atoms with van der Waals surface area (Å²) in [7, 11) is 0. The van der Waals surface area contributed by atoms with Gasteiger partial charge in [0.2, 0.25) is 0 Å². The summed E-state index contributed by atoms with van der Waals surface area (Å²) in [6, 6.07) is 6.16. The molecule has 18 heavy (non-hydrogen) atoms. The summed E-state index contributed by atoms with van der Waals surface area (Å²) in [5.41, 5.74) is 2.05. The number of halogens is 1. The van der Waals surface area contributed by atoms with Crippen LogP contribution in [-0.4, -0.2) is 15.6 Å². The van der Waals surface area contributed by atoms with Crippen molar-refractivity contribution in [3.8, 4) is 5.69 Å². The maximum atomic E-state index is 13.2. The molecule has 0 amide bonds. The van der Waals surface area contributed by atoms with Crippen molar-refractivity contribution in [1.82, 2.24) is 9.78 Å². The fourth-order valence-electron chi connectivity index (χ4n) is 2.06. The van der Waals surface area contributed by atoms with Crippen molar-refractivity contribution in [2.24, 2.45) is 0 Å². The average molecular weight is 244 g/mol. The molecule has 0 aliphatic heterocycles. The number of benzene rings is 1. The van der Waals surface area contributed by atoms with Crippen molar-refractivity contribution in [3.05, 3.63) is 47.5 Å². The lowest BCUT2D eigenvalue weighted by molar-refractivity contribution is 0.101. The van der Waals surface area contributed by atoms with Gasteiger partial charge >= 0.3 is 0 Å². The Morgan fingerprint density at radius 2 is 2.17 bits per heavy atom. The van der Waals surface area contributed by atoms with Gasteiger partial charge in [0.05, 0.1) is 11.4 Å². The number of hydrogen-bond donors (Lipinski definition) is 0. The third-order valence-corrected chi connectivity index (χ3v) is 3.19. The molecule has 0 N–H and O–H groups in total. The first-order chi connectivity index (χ1) is 8.65. The van der Waals surface area contributed by atoms with Gasteiger partial charge in [-0.05, 0) is 44.0 Å². The number of aromatic nitrogens is 2. The van der Waals surface area contributed by atoms with E-state index in [0.29, 0.717) is 17.2 Å². The molecule has 0 saturated heterocycles. The molecule has 92 valence electrons. The lowest BCUT2D eigenvalue weighted by atomic mass is 10.1. The van der Waals surface area contributed by atoms with E-state index in [9.17, 15) is 9.18 Å².